The third-order valence-electron chi connectivity index (χ3n) is 7.41. The molecule has 0 bridgehead atoms. The van der Waals surface area contributed by atoms with Crippen molar-refractivity contribution in [3.8, 4) is 5.75 Å². The first-order valence-corrected chi connectivity index (χ1v) is 14.3. The van der Waals surface area contributed by atoms with Gasteiger partial charge in [-0.1, -0.05) is 60.1 Å². The highest BCUT2D eigenvalue weighted by molar-refractivity contribution is 6.30. The number of amides is 2. The molecule has 10 heteroatoms. The van der Waals surface area contributed by atoms with Crippen molar-refractivity contribution in [2.75, 3.05) is 45.9 Å². The number of primary amides is 1. The van der Waals surface area contributed by atoms with Crippen LogP contribution in [0.25, 0.3) is 0 Å². The van der Waals surface area contributed by atoms with E-state index in [1.807, 2.05) is 24.3 Å². The van der Waals surface area contributed by atoms with Crippen LogP contribution >= 0.6 is 11.6 Å². The molecule has 3 aromatic rings. The van der Waals surface area contributed by atoms with E-state index in [1.165, 1.54) is 11.1 Å². The zero-order chi connectivity index (χ0) is 29.2. The first-order chi connectivity index (χ1) is 19.8. The van der Waals surface area contributed by atoms with Crippen molar-refractivity contribution in [1.82, 2.24) is 14.8 Å². The second-order valence-electron chi connectivity index (χ2n) is 10.2. The fourth-order valence-electron chi connectivity index (χ4n) is 5.18. The quantitative estimate of drug-likeness (QED) is 0.119. The Balaban J connectivity index is 1.28. The van der Waals surface area contributed by atoms with Crippen molar-refractivity contribution < 1.29 is 19.4 Å². The summed E-state index contributed by atoms with van der Waals surface area (Å²) in [5, 5.41) is 10.3. The van der Waals surface area contributed by atoms with Crippen molar-refractivity contribution in [3.05, 3.63) is 100 Å². The van der Waals surface area contributed by atoms with Crippen LogP contribution in [-0.2, 0) is 6.42 Å². The van der Waals surface area contributed by atoms with E-state index < -0.39 is 12.0 Å². The zero-order valence-electron chi connectivity index (χ0n) is 23.1. The molecule has 0 saturated carbocycles. The number of rotatable bonds is 13. The minimum Gasteiger partial charge on any atom is -0.491 e. The fraction of sp³-hybridized carbons (Fsp3) is 0.355. The Kier molecular flexibility index (Phi) is 11.0. The predicted molar refractivity (Wildman–Crippen MR) is 160 cm³/mol. The van der Waals surface area contributed by atoms with E-state index in [2.05, 4.69) is 46.2 Å². The Hall–Kier alpha value is -3.63. The number of piperazine rings is 1. The van der Waals surface area contributed by atoms with Gasteiger partial charge in [-0.05, 0) is 60.2 Å². The van der Waals surface area contributed by atoms with Crippen LogP contribution in [0.3, 0.4) is 0 Å². The Morgan fingerprint density at radius 2 is 1.63 bits per heavy atom. The molecule has 0 aromatic heterocycles. The number of aryl methyl sites for hydroxylation is 1. The van der Waals surface area contributed by atoms with Gasteiger partial charge < -0.3 is 15.6 Å². The molecule has 41 heavy (non-hydrogen) atoms. The molecule has 1 saturated heterocycles. The summed E-state index contributed by atoms with van der Waals surface area (Å²) in [5.41, 5.74) is 9.42. The number of hydrogen-bond acceptors (Lipinski definition) is 6. The molecule has 1 heterocycles. The third kappa shape index (κ3) is 8.68. The van der Waals surface area contributed by atoms with Crippen molar-refractivity contribution in [2.24, 2.45) is 11.6 Å². The molecule has 9 nitrogen and oxygen atoms in total. The monoisotopic (exact) mass is 579 g/mol. The summed E-state index contributed by atoms with van der Waals surface area (Å²) in [6, 6.07) is 24.3. The maximum absolute atomic E-state index is 12.1. The number of carbonyl (C=O) groups is 2. The van der Waals surface area contributed by atoms with Crippen LogP contribution in [0.1, 0.15) is 45.9 Å². The van der Waals surface area contributed by atoms with Crippen LogP contribution in [-0.4, -0.2) is 77.8 Å². The molecule has 1 unspecified atom stereocenters. The van der Waals surface area contributed by atoms with Gasteiger partial charge in [0, 0.05) is 44.3 Å². The molecule has 0 radical (unpaired) electrons. The van der Waals surface area contributed by atoms with E-state index in [4.69, 9.17) is 33.0 Å². The highest BCUT2D eigenvalue weighted by atomic mass is 35.5. The summed E-state index contributed by atoms with van der Waals surface area (Å²) in [5.74, 6) is 5.34. The van der Waals surface area contributed by atoms with Gasteiger partial charge in [-0.15, -0.1) is 0 Å². The average molecular weight is 580 g/mol. The number of benzene rings is 3. The summed E-state index contributed by atoms with van der Waals surface area (Å²) >= 11 is 6.16. The number of unbranched alkanes of at least 4 members (excludes halogenated alkanes) is 1. The zero-order valence-corrected chi connectivity index (χ0v) is 23.9. The fourth-order valence-corrected chi connectivity index (χ4v) is 5.31. The lowest BCUT2D eigenvalue weighted by atomic mass is 9.96. The molecule has 1 aliphatic rings. The highest BCUT2D eigenvalue weighted by Gasteiger charge is 2.26. The maximum Gasteiger partial charge on any atom is 0.421 e. The van der Waals surface area contributed by atoms with E-state index in [-0.39, 0.29) is 12.6 Å². The Bertz CT molecular complexity index is 1280. The molecular weight excluding hydrogens is 542 g/mol. The summed E-state index contributed by atoms with van der Waals surface area (Å²) in [4.78, 5) is 27.8. The van der Waals surface area contributed by atoms with Crippen molar-refractivity contribution in [2.45, 2.75) is 25.3 Å². The van der Waals surface area contributed by atoms with E-state index in [9.17, 15) is 9.59 Å². The van der Waals surface area contributed by atoms with Crippen LogP contribution in [0.4, 0.5) is 4.79 Å². The molecular formula is C31H38ClN5O4. The number of hydrogen-bond donors (Lipinski definition) is 3. The van der Waals surface area contributed by atoms with Gasteiger partial charge in [-0.25, -0.2) is 15.6 Å². The minimum atomic E-state index is -1.15. The van der Waals surface area contributed by atoms with Crippen molar-refractivity contribution in [1.29, 1.82) is 0 Å². The van der Waals surface area contributed by atoms with Gasteiger partial charge in [-0.3, -0.25) is 14.6 Å². The molecule has 2 amide bonds. The largest absolute Gasteiger partial charge is 0.491 e. The number of ether oxygens (including phenoxy) is 1. The molecule has 4 rings (SSSR count). The van der Waals surface area contributed by atoms with Gasteiger partial charge in [0.05, 0.1) is 11.6 Å². The van der Waals surface area contributed by atoms with E-state index in [0.717, 1.165) is 54.7 Å². The lowest BCUT2D eigenvalue weighted by molar-refractivity contribution is 0.0957. The van der Waals surface area contributed by atoms with Crippen LogP contribution < -0.4 is 16.3 Å². The first kappa shape index (κ1) is 30.3. The molecule has 5 N–H and O–H groups in total. The SMILES string of the molecule is NC(=O)c1cc(CCCCN(N)C(=O)O)ccc1OCCN1CCN(C(c2ccccc2)c2ccc(Cl)cc2)CC1. The minimum absolute atomic E-state index is 0.162. The highest BCUT2D eigenvalue weighted by Crippen LogP contribution is 2.30. The second-order valence-corrected chi connectivity index (χ2v) is 10.7. The van der Waals surface area contributed by atoms with Crippen LogP contribution in [0.2, 0.25) is 5.02 Å². The predicted octanol–water partition coefficient (Wildman–Crippen LogP) is 4.40. The van der Waals surface area contributed by atoms with Crippen molar-refractivity contribution >= 4 is 23.6 Å². The number of nitrogens with zero attached hydrogens (tertiary/aromatic N) is 3. The van der Waals surface area contributed by atoms with Gasteiger partial charge in [0.2, 0.25) is 0 Å². The van der Waals surface area contributed by atoms with Crippen LogP contribution in [0, 0.1) is 0 Å². The van der Waals surface area contributed by atoms with Gasteiger partial charge in [-0.2, -0.15) is 0 Å². The normalized spacial score (nSPS) is 14.9. The van der Waals surface area contributed by atoms with Gasteiger partial charge in [0.15, 0.2) is 0 Å². The number of carbonyl (C=O) groups excluding carboxylic acids is 1. The standard InChI is InChI=1S/C31H38ClN5O4/c32-26-12-10-25(11-13-26)29(24-7-2-1-3-8-24)36-18-16-35(17-19-36)20-21-41-28-14-9-23(22-27(28)30(33)38)6-4-5-15-37(34)31(39)40/h1-3,7-14,22,29H,4-6,15-21,34H2,(H2,33,38)(H,39,40). The Labute approximate surface area is 246 Å². The summed E-state index contributed by atoms with van der Waals surface area (Å²) < 4.78 is 6.01. The number of hydrazine groups is 1. The maximum atomic E-state index is 12.1. The third-order valence-corrected chi connectivity index (χ3v) is 7.66. The molecule has 1 fully saturated rings. The van der Waals surface area contributed by atoms with Gasteiger partial charge in [0.1, 0.15) is 12.4 Å². The molecule has 0 aliphatic carbocycles. The topological polar surface area (TPSA) is 125 Å². The summed E-state index contributed by atoms with van der Waals surface area (Å²) in [6.07, 6.45) is 0.873. The number of carboxylic acid groups (broad SMARTS) is 1. The Morgan fingerprint density at radius 1 is 0.951 bits per heavy atom. The van der Waals surface area contributed by atoms with Crippen LogP contribution in [0.15, 0.2) is 72.8 Å². The Morgan fingerprint density at radius 3 is 2.29 bits per heavy atom. The van der Waals surface area contributed by atoms with Crippen LogP contribution in [0.5, 0.6) is 5.75 Å². The molecule has 1 aliphatic heterocycles. The average Bonchev–Trinajstić information content (AvgIpc) is 2.98. The molecule has 218 valence electrons. The lowest BCUT2D eigenvalue weighted by Gasteiger charge is -2.39. The summed E-state index contributed by atoms with van der Waals surface area (Å²) in [6.45, 7) is 5.08. The number of nitrogens with two attached hydrogens (primary N) is 2. The molecule has 3 aromatic carbocycles. The molecule has 0 spiro atoms. The van der Waals surface area contributed by atoms with Crippen molar-refractivity contribution in [3.63, 3.8) is 0 Å². The lowest BCUT2D eigenvalue weighted by Crippen LogP contribution is -2.48. The second kappa shape index (κ2) is 14.8. The smallest absolute Gasteiger partial charge is 0.421 e. The first-order valence-electron chi connectivity index (χ1n) is 13.9. The van der Waals surface area contributed by atoms with Gasteiger partial charge in [0.25, 0.3) is 5.91 Å². The van der Waals surface area contributed by atoms with E-state index in [0.29, 0.717) is 30.8 Å². The van der Waals surface area contributed by atoms with E-state index in [1.54, 1.807) is 12.1 Å². The van der Waals surface area contributed by atoms with E-state index >= 15 is 0 Å². The molecule has 1 atom stereocenters. The number of halogens is 1. The van der Waals surface area contributed by atoms with Gasteiger partial charge >= 0.3 is 6.09 Å². The summed E-state index contributed by atoms with van der Waals surface area (Å²) in [7, 11) is 0.